The molecule has 0 saturated heterocycles. The average molecular weight is 1300 g/mol. The summed E-state index contributed by atoms with van der Waals surface area (Å²) in [7, 11) is -9.90. The van der Waals surface area contributed by atoms with E-state index in [9.17, 15) is 43.2 Å². The van der Waals surface area contributed by atoms with Crippen molar-refractivity contribution in [1.82, 2.24) is 0 Å². The molecule has 0 aromatic heterocycles. The van der Waals surface area contributed by atoms with Crippen LogP contribution in [0.25, 0.3) is 0 Å². The van der Waals surface area contributed by atoms with Gasteiger partial charge in [0.05, 0.1) is 26.4 Å². The normalized spacial score (nSPS) is 14.9. The van der Waals surface area contributed by atoms with Crippen LogP contribution in [0.3, 0.4) is 0 Å². The van der Waals surface area contributed by atoms with Crippen molar-refractivity contribution in [2.75, 3.05) is 39.6 Å². The maximum Gasteiger partial charge on any atom is 0.472 e. The number of carbonyl (C=O) groups excluding carboxylic acids is 4. The van der Waals surface area contributed by atoms with E-state index < -0.39 is 97.5 Å². The first kappa shape index (κ1) is 86.1. The Balaban J connectivity index is 5.27. The monoisotopic (exact) mass is 1300 g/mol. The van der Waals surface area contributed by atoms with Crippen molar-refractivity contribution < 1.29 is 80.2 Å². The van der Waals surface area contributed by atoms with Crippen LogP contribution in [0.15, 0.2) is 0 Å². The summed E-state index contributed by atoms with van der Waals surface area (Å²) < 4.78 is 68.2. The minimum atomic E-state index is -4.95. The molecular weight excluding hydrogens is 1160 g/mol. The lowest BCUT2D eigenvalue weighted by Crippen LogP contribution is -2.30. The van der Waals surface area contributed by atoms with Crippen LogP contribution in [0.4, 0.5) is 0 Å². The first-order valence-corrected chi connectivity index (χ1v) is 38.9. The summed E-state index contributed by atoms with van der Waals surface area (Å²) in [6.07, 6.45) is 43.0. The van der Waals surface area contributed by atoms with Gasteiger partial charge in [-0.25, -0.2) is 9.13 Å². The number of rotatable bonds is 67. The van der Waals surface area contributed by atoms with Crippen molar-refractivity contribution >= 4 is 39.5 Å². The lowest BCUT2D eigenvalue weighted by molar-refractivity contribution is -0.161. The molecule has 0 aromatic rings. The molecule has 0 spiro atoms. The maximum absolute atomic E-state index is 13.0. The van der Waals surface area contributed by atoms with Gasteiger partial charge in [0.2, 0.25) is 0 Å². The zero-order valence-corrected chi connectivity index (χ0v) is 59.0. The number of aliphatic hydroxyl groups is 1. The van der Waals surface area contributed by atoms with E-state index in [1.165, 1.54) is 148 Å². The van der Waals surface area contributed by atoms with Crippen LogP contribution in [0.1, 0.15) is 344 Å². The Bertz CT molecular complexity index is 1740. The average Bonchev–Trinajstić information content (AvgIpc) is 3.51. The van der Waals surface area contributed by atoms with Gasteiger partial charge in [-0.3, -0.25) is 37.3 Å². The molecule has 0 aliphatic carbocycles. The SMILES string of the molecule is CCCCCCCCCCCCCCCCC(=O)O[C@H](COC(=O)CCCCCCCCCCCC(C)C)COP(=O)(O)OC[C@@H](O)COP(=O)(O)OC[C@@H](COC(=O)CCCCCCCCC(C)CC)OC(=O)CCCCCCCCCCC(C)CC. The molecule has 0 aromatic carbocycles. The maximum atomic E-state index is 13.0. The molecule has 7 atom stereocenters. The molecule has 17 nitrogen and oxygen atoms in total. The predicted molar refractivity (Wildman–Crippen MR) is 354 cm³/mol. The molecule has 3 N–H and O–H groups in total. The molecule has 0 bridgehead atoms. The third-order valence-electron chi connectivity index (χ3n) is 16.6. The number of ether oxygens (including phenoxy) is 4. The summed E-state index contributed by atoms with van der Waals surface area (Å²) in [5.41, 5.74) is 0. The third kappa shape index (κ3) is 60.3. The van der Waals surface area contributed by atoms with Crippen LogP contribution in [0.2, 0.25) is 0 Å². The van der Waals surface area contributed by atoms with Crippen LogP contribution in [0.5, 0.6) is 0 Å². The molecule has 522 valence electrons. The van der Waals surface area contributed by atoms with Gasteiger partial charge in [-0.15, -0.1) is 0 Å². The molecule has 0 rings (SSSR count). The minimum absolute atomic E-state index is 0.104. The van der Waals surface area contributed by atoms with E-state index in [1.807, 2.05) is 0 Å². The second-order valence-corrected chi connectivity index (χ2v) is 28.8. The van der Waals surface area contributed by atoms with Crippen molar-refractivity contribution in [3.8, 4) is 0 Å². The Hall–Kier alpha value is -1.94. The minimum Gasteiger partial charge on any atom is -0.462 e. The third-order valence-corrected chi connectivity index (χ3v) is 18.5. The van der Waals surface area contributed by atoms with E-state index in [0.29, 0.717) is 25.7 Å². The van der Waals surface area contributed by atoms with E-state index in [2.05, 4.69) is 48.5 Å². The zero-order chi connectivity index (χ0) is 65.2. The highest BCUT2D eigenvalue weighted by Crippen LogP contribution is 2.45. The van der Waals surface area contributed by atoms with Gasteiger partial charge < -0.3 is 33.8 Å². The Kier molecular flexibility index (Phi) is 58.7. The number of phosphoric acid groups is 2. The van der Waals surface area contributed by atoms with Crippen LogP contribution in [-0.4, -0.2) is 96.7 Å². The number of aliphatic hydroxyl groups excluding tert-OH is 1. The molecule has 0 aliphatic rings. The molecule has 0 aliphatic heterocycles. The molecule has 0 fully saturated rings. The topological polar surface area (TPSA) is 237 Å². The summed E-state index contributed by atoms with van der Waals surface area (Å²) in [6, 6.07) is 0. The van der Waals surface area contributed by atoms with Crippen LogP contribution >= 0.6 is 15.6 Å². The number of esters is 4. The molecule has 0 radical (unpaired) electrons. The smallest absolute Gasteiger partial charge is 0.462 e. The number of carbonyl (C=O) groups is 4. The lowest BCUT2D eigenvalue weighted by Gasteiger charge is -2.21. The quantitative estimate of drug-likeness (QED) is 0.0222. The van der Waals surface area contributed by atoms with E-state index in [-0.39, 0.29) is 25.7 Å². The Labute approximate surface area is 537 Å². The molecule has 0 saturated carbocycles. The van der Waals surface area contributed by atoms with Crippen LogP contribution in [-0.2, 0) is 65.4 Å². The van der Waals surface area contributed by atoms with Gasteiger partial charge in [0.1, 0.15) is 19.3 Å². The highest BCUT2D eigenvalue weighted by molar-refractivity contribution is 7.47. The number of hydrogen-bond donors (Lipinski definition) is 3. The standard InChI is InChI=1S/C69H134O17P2/c1-8-11-12-13-14-15-16-17-18-19-22-29-38-45-52-68(73)85-64(56-79-66(71)50-43-36-28-23-20-21-26-33-40-47-60(4)5)58-83-87(75,76)81-54-63(70)55-82-88(77,78)84-59-65(57-80-67(72)51-44-37-32-31-35-42-49-62(7)10-3)86-69(74)53-46-39-30-25-24-27-34-41-48-61(6)9-2/h60-65,70H,8-59H2,1-7H3,(H,75,76)(H,77,78)/t61?,62?,63-,64-,65-/m1/s1. The highest BCUT2D eigenvalue weighted by atomic mass is 31.2. The summed E-state index contributed by atoms with van der Waals surface area (Å²) in [4.78, 5) is 72.5. The van der Waals surface area contributed by atoms with Crippen molar-refractivity contribution in [3.63, 3.8) is 0 Å². The molecule has 0 amide bonds. The second kappa shape index (κ2) is 60.0. The van der Waals surface area contributed by atoms with Gasteiger partial charge in [0, 0.05) is 25.7 Å². The largest absolute Gasteiger partial charge is 0.472 e. The summed E-state index contributed by atoms with van der Waals surface area (Å²) >= 11 is 0. The number of hydrogen-bond acceptors (Lipinski definition) is 15. The van der Waals surface area contributed by atoms with Gasteiger partial charge in [-0.2, -0.15) is 0 Å². The van der Waals surface area contributed by atoms with E-state index in [0.717, 1.165) is 114 Å². The van der Waals surface area contributed by atoms with Gasteiger partial charge in [-0.1, -0.05) is 292 Å². The van der Waals surface area contributed by atoms with Gasteiger partial charge >= 0.3 is 39.5 Å². The molecule has 88 heavy (non-hydrogen) atoms. The second-order valence-electron chi connectivity index (χ2n) is 25.9. The van der Waals surface area contributed by atoms with Crippen molar-refractivity contribution in [3.05, 3.63) is 0 Å². The molecule has 4 unspecified atom stereocenters. The number of phosphoric ester groups is 2. The van der Waals surface area contributed by atoms with Crippen molar-refractivity contribution in [1.29, 1.82) is 0 Å². The Morgan fingerprint density at radius 1 is 0.330 bits per heavy atom. The number of unbranched alkanes of at least 4 members (excludes halogenated alkanes) is 33. The summed E-state index contributed by atoms with van der Waals surface area (Å²) in [5, 5.41) is 10.6. The Morgan fingerprint density at radius 3 is 0.864 bits per heavy atom. The van der Waals surface area contributed by atoms with Gasteiger partial charge in [0.15, 0.2) is 12.2 Å². The van der Waals surface area contributed by atoms with Crippen LogP contribution < -0.4 is 0 Å². The van der Waals surface area contributed by atoms with E-state index >= 15 is 0 Å². The lowest BCUT2D eigenvalue weighted by atomic mass is 9.99. The first-order chi connectivity index (χ1) is 42.3. The fourth-order valence-corrected chi connectivity index (χ4v) is 11.9. The highest BCUT2D eigenvalue weighted by Gasteiger charge is 2.30. The fourth-order valence-electron chi connectivity index (χ4n) is 10.3. The van der Waals surface area contributed by atoms with Crippen molar-refractivity contribution in [2.24, 2.45) is 17.8 Å². The predicted octanol–water partition coefficient (Wildman–Crippen LogP) is 19.5. The van der Waals surface area contributed by atoms with Gasteiger partial charge in [-0.05, 0) is 43.4 Å². The first-order valence-electron chi connectivity index (χ1n) is 35.9. The molecule has 0 heterocycles. The molecule has 19 heteroatoms. The van der Waals surface area contributed by atoms with Crippen molar-refractivity contribution in [2.45, 2.75) is 362 Å². The van der Waals surface area contributed by atoms with Gasteiger partial charge in [0.25, 0.3) is 0 Å². The fraction of sp³-hybridized carbons (Fsp3) is 0.942. The summed E-state index contributed by atoms with van der Waals surface area (Å²) in [6.45, 7) is 11.8. The van der Waals surface area contributed by atoms with E-state index in [1.54, 1.807) is 0 Å². The van der Waals surface area contributed by atoms with Crippen LogP contribution in [0, 0.1) is 17.8 Å². The zero-order valence-electron chi connectivity index (χ0n) is 57.2. The molecular formula is C69H134O17P2. The Morgan fingerprint density at radius 2 is 0.580 bits per heavy atom. The van der Waals surface area contributed by atoms with E-state index in [4.69, 9.17) is 37.0 Å². The summed E-state index contributed by atoms with van der Waals surface area (Å²) in [5.74, 6) is 0.115.